The summed E-state index contributed by atoms with van der Waals surface area (Å²) in [5.41, 5.74) is -0.158. The van der Waals surface area contributed by atoms with Crippen molar-refractivity contribution in [3.8, 4) is 6.07 Å². The highest BCUT2D eigenvalue weighted by Crippen LogP contribution is 2.22. The van der Waals surface area contributed by atoms with E-state index in [1.165, 1.54) is 25.9 Å². The standard InChI is InChI=1S/C14H26N2O/c1-14(2,12-15)7-4-8-16-9-5-13(6-10-16)11-17-3/h13H,4-11H2,1-3H3. The third-order valence-corrected chi connectivity index (χ3v) is 3.69. The SMILES string of the molecule is COCC1CCN(CCCC(C)(C)C#N)CC1. The second kappa shape index (κ2) is 6.98. The van der Waals surface area contributed by atoms with E-state index in [2.05, 4.69) is 11.0 Å². The van der Waals surface area contributed by atoms with E-state index in [1.54, 1.807) is 7.11 Å². The first-order valence-electron chi connectivity index (χ1n) is 6.70. The average Bonchev–Trinajstić information content (AvgIpc) is 2.32. The number of piperidine rings is 1. The Morgan fingerprint density at radius 1 is 1.35 bits per heavy atom. The summed E-state index contributed by atoms with van der Waals surface area (Å²) in [6, 6.07) is 2.37. The summed E-state index contributed by atoms with van der Waals surface area (Å²) in [5, 5.41) is 8.95. The molecule has 1 aliphatic rings. The number of ether oxygens (including phenoxy) is 1. The van der Waals surface area contributed by atoms with Gasteiger partial charge in [0.15, 0.2) is 0 Å². The number of methoxy groups -OCH3 is 1. The molecular weight excluding hydrogens is 212 g/mol. The first-order chi connectivity index (χ1) is 8.07. The number of nitrogens with zero attached hydrogens (tertiary/aromatic N) is 2. The molecule has 1 heterocycles. The average molecular weight is 238 g/mol. The highest BCUT2D eigenvalue weighted by Gasteiger charge is 2.20. The number of hydrogen-bond acceptors (Lipinski definition) is 3. The minimum Gasteiger partial charge on any atom is -0.384 e. The highest BCUT2D eigenvalue weighted by molar-refractivity contribution is 4.91. The van der Waals surface area contributed by atoms with E-state index >= 15 is 0 Å². The van der Waals surface area contributed by atoms with Gasteiger partial charge in [0.05, 0.1) is 11.5 Å². The Bertz CT molecular complexity index is 249. The van der Waals surface area contributed by atoms with Crippen molar-refractivity contribution >= 4 is 0 Å². The molecular formula is C14H26N2O. The molecule has 0 amide bonds. The van der Waals surface area contributed by atoms with E-state index in [-0.39, 0.29) is 5.41 Å². The van der Waals surface area contributed by atoms with Crippen molar-refractivity contribution in [2.75, 3.05) is 33.4 Å². The number of likely N-dealkylation sites (tertiary alicyclic amines) is 1. The van der Waals surface area contributed by atoms with Crippen LogP contribution in [0.3, 0.4) is 0 Å². The second-order valence-corrected chi connectivity index (χ2v) is 5.84. The summed E-state index contributed by atoms with van der Waals surface area (Å²) in [4.78, 5) is 2.53. The van der Waals surface area contributed by atoms with Crippen LogP contribution >= 0.6 is 0 Å². The summed E-state index contributed by atoms with van der Waals surface area (Å²) >= 11 is 0. The first-order valence-corrected chi connectivity index (χ1v) is 6.70. The van der Waals surface area contributed by atoms with Gasteiger partial charge >= 0.3 is 0 Å². The second-order valence-electron chi connectivity index (χ2n) is 5.84. The maximum atomic E-state index is 8.95. The zero-order valence-electron chi connectivity index (χ0n) is 11.5. The predicted octanol–water partition coefficient (Wildman–Crippen LogP) is 2.67. The zero-order valence-corrected chi connectivity index (χ0v) is 11.5. The van der Waals surface area contributed by atoms with Crippen LogP contribution in [0.2, 0.25) is 0 Å². The normalized spacial score (nSPS) is 19.2. The van der Waals surface area contributed by atoms with Gasteiger partial charge in [0.1, 0.15) is 0 Å². The summed E-state index contributed by atoms with van der Waals surface area (Å²) in [7, 11) is 1.79. The van der Waals surface area contributed by atoms with Crippen molar-refractivity contribution < 1.29 is 4.74 Å². The molecule has 0 aromatic rings. The van der Waals surface area contributed by atoms with Crippen molar-refractivity contribution in [3.63, 3.8) is 0 Å². The van der Waals surface area contributed by atoms with Gasteiger partial charge in [-0.2, -0.15) is 5.26 Å². The summed E-state index contributed by atoms with van der Waals surface area (Å²) in [6.07, 6.45) is 4.65. The molecule has 0 radical (unpaired) electrons. The van der Waals surface area contributed by atoms with Crippen LogP contribution in [0.5, 0.6) is 0 Å². The molecule has 0 aliphatic carbocycles. The molecule has 17 heavy (non-hydrogen) atoms. The molecule has 1 saturated heterocycles. The monoisotopic (exact) mass is 238 g/mol. The zero-order chi connectivity index (χ0) is 12.7. The van der Waals surface area contributed by atoms with Crippen LogP contribution in [0.1, 0.15) is 39.5 Å². The van der Waals surface area contributed by atoms with Gasteiger partial charge in [0, 0.05) is 13.7 Å². The van der Waals surface area contributed by atoms with Crippen LogP contribution < -0.4 is 0 Å². The Morgan fingerprint density at radius 2 is 2.00 bits per heavy atom. The van der Waals surface area contributed by atoms with E-state index in [4.69, 9.17) is 10.00 Å². The summed E-state index contributed by atoms with van der Waals surface area (Å²) < 4.78 is 5.20. The van der Waals surface area contributed by atoms with Gasteiger partial charge in [-0.05, 0) is 65.1 Å². The van der Waals surface area contributed by atoms with E-state index in [0.29, 0.717) is 0 Å². The molecule has 0 N–H and O–H groups in total. The Kier molecular flexibility index (Phi) is 5.94. The number of rotatable bonds is 6. The lowest BCUT2D eigenvalue weighted by Crippen LogP contribution is -2.35. The fraction of sp³-hybridized carbons (Fsp3) is 0.929. The van der Waals surface area contributed by atoms with Gasteiger partial charge in [-0.15, -0.1) is 0 Å². The van der Waals surface area contributed by atoms with Crippen molar-refractivity contribution in [1.29, 1.82) is 5.26 Å². The maximum absolute atomic E-state index is 8.95. The van der Waals surface area contributed by atoms with Crippen LogP contribution in [-0.2, 0) is 4.74 Å². The maximum Gasteiger partial charge on any atom is 0.0683 e. The molecule has 1 aliphatic heterocycles. The van der Waals surface area contributed by atoms with Crippen molar-refractivity contribution in [1.82, 2.24) is 4.90 Å². The molecule has 0 unspecified atom stereocenters. The van der Waals surface area contributed by atoms with E-state index in [9.17, 15) is 0 Å². The minimum atomic E-state index is -0.158. The van der Waals surface area contributed by atoms with Crippen LogP contribution in [-0.4, -0.2) is 38.3 Å². The molecule has 0 spiro atoms. The van der Waals surface area contributed by atoms with E-state index in [1.807, 2.05) is 13.8 Å². The molecule has 1 rings (SSSR count). The molecule has 0 aromatic carbocycles. The lowest BCUT2D eigenvalue weighted by Gasteiger charge is -2.32. The number of hydrogen-bond donors (Lipinski definition) is 0. The van der Waals surface area contributed by atoms with Crippen molar-refractivity contribution in [2.24, 2.45) is 11.3 Å². The molecule has 1 fully saturated rings. The van der Waals surface area contributed by atoms with Gasteiger partial charge in [-0.25, -0.2) is 0 Å². The molecule has 3 heteroatoms. The van der Waals surface area contributed by atoms with Crippen molar-refractivity contribution in [3.05, 3.63) is 0 Å². The van der Waals surface area contributed by atoms with Crippen LogP contribution in [0.15, 0.2) is 0 Å². The lowest BCUT2D eigenvalue weighted by atomic mass is 9.89. The van der Waals surface area contributed by atoms with Gasteiger partial charge in [-0.1, -0.05) is 0 Å². The Labute approximate surface area is 106 Å². The molecule has 98 valence electrons. The third-order valence-electron chi connectivity index (χ3n) is 3.69. The quantitative estimate of drug-likeness (QED) is 0.714. The molecule has 3 nitrogen and oxygen atoms in total. The van der Waals surface area contributed by atoms with Gasteiger partial charge < -0.3 is 9.64 Å². The van der Waals surface area contributed by atoms with Crippen LogP contribution in [0, 0.1) is 22.7 Å². The molecule has 0 saturated carbocycles. The summed E-state index contributed by atoms with van der Waals surface area (Å²) in [5.74, 6) is 0.756. The first kappa shape index (κ1) is 14.5. The largest absolute Gasteiger partial charge is 0.384 e. The lowest BCUT2D eigenvalue weighted by molar-refractivity contribution is 0.0980. The van der Waals surface area contributed by atoms with Crippen LogP contribution in [0.4, 0.5) is 0 Å². The Hall–Kier alpha value is -0.590. The van der Waals surface area contributed by atoms with Gasteiger partial charge in [0.25, 0.3) is 0 Å². The van der Waals surface area contributed by atoms with Gasteiger partial charge in [-0.3, -0.25) is 0 Å². The molecule has 0 aromatic heterocycles. The third kappa shape index (κ3) is 5.52. The number of nitriles is 1. The summed E-state index contributed by atoms with van der Waals surface area (Å²) in [6.45, 7) is 8.50. The Balaban J connectivity index is 2.13. The molecule has 0 atom stereocenters. The smallest absolute Gasteiger partial charge is 0.0683 e. The van der Waals surface area contributed by atoms with E-state index in [0.717, 1.165) is 31.9 Å². The fourth-order valence-corrected chi connectivity index (χ4v) is 2.41. The Morgan fingerprint density at radius 3 is 2.53 bits per heavy atom. The van der Waals surface area contributed by atoms with Crippen LogP contribution in [0.25, 0.3) is 0 Å². The van der Waals surface area contributed by atoms with E-state index < -0.39 is 0 Å². The topological polar surface area (TPSA) is 36.3 Å². The van der Waals surface area contributed by atoms with Crippen molar-refractivity contribution in [2.45, 2.75) is 39.5 Å². The predicted molar refractivity (Wildman–Crippen MR) is 69.7 cm³/mol. The van der Waals surface area contributed by atoms with Gasteiger partial charge in [0.2, 0.25) is 0 Å². The molecule has 0 bridgehead atoms. The highest BCUT2D eigenvalue weighted by atomic mass is 16.5. The minimum absolute atomic E-state index is 0.158. The fourth-order valence-electron chi connectivity index (χ4n) is 2.41.